The first-order valence-electron chi connectivity index (χ1n) is 7.21. The average molecular weight is 321 g/mol. The molecule has 0 spiro atoms. The molecule has 0 unspecified atom stereocenters. The number of hydrogen-bond acceptors (Lipinski definition) is 5. The Kier molecular flexibility index (Phi) is 3.00. The fraction of sp³-hybridized carbons (Fsp3) is 0.467. The van der Waals surface area contributed by atoms with E-state index in [1.165, 1.54) is 11.8 Å². The zero-order valence-corrected chi connectivity index (χ0v) is 12.6. The van der Waals surface area contributed by atoms with Crippen molar-refractivity contribution in [2.75, 3.05) is 19.0 Å². The smallest absolute Gasteiger partial charge is 0.327 e. The number of rotatable bonds is 2. The van der Waals surface area contributed by atoms with Gasteiger partial charge in [-0.15, -0.1) is 11.8 Å². The first-order chi connectivity index (χ1) is 10.6. The van der Waals surface area contributed by atoms with Gasteiger partial charge in [-0.1, -0.05) is 6.07 Å². The molecule has 7 heteroatoms. The molecule has 3 heterocycles. The van der Waals surface area contributed by atoms with Gasteiger partial charge in [0.15, 0.2) is 11.5 Å². The van der Waals surface area contributed by atoms with E-state index < -0.39 is 16.9 Å². The van der Waals surface area contributed by atoms with Crippen molar-refractivity contribution in [2.24, 2.45) is 0 Å². The van der Waals surface area contributed by atoms with Crippen molar-refractivity contribution in [1.82, 2.24) is 4.90 Å². The Hall–Kier alpha value is -1.89. The molecule has 3 aliphatic heterocycles. The second kappa shape index (κ2) is 4.81. The van der Waals surface area contributed by atoms with E-state index in [1.54, 1.807) is 4.90 Å². The minimum absolute atomic E-state index is 0.0905. The van der Waals surface area contributed by atoms with E-state index in [1.807, 2.05) is 18.2 Å². The van der Waals surface area contributed by atoms with Crippen molar-refractivity contribution in [3.05, 3.63) is 23.8 Å². The Morgan fingerprint density at radius 1 is 1.32 bits per heavy atom. The highest BCUT2D eigenvalue weighted by molar-refractivity contribution is 8.00. The number of carboxylic acid groups (broad SMARTS) is 1. The lowest BCUT2D eigenvalue weighted by Gasteiger charge is -2.34. The molecular formula is C15H15NO5S. The van der Waals surface area contributed by atoms with Crippen LogP contribution in [0.4, 0.5) is 0 Å². The van der Waals surface area contributed by atoms with Gasteiger partial charge in [0.05, 0.1) is 0 Å². The summed E-state index contributed by atoms with van der Waals surface area (Å²) in [4.78, 5) is 24.6. The molecule has 22 heavy (non-hydrogen) atoms. The van der Waals surface area contributed by atoms with E-state index in [-0.39, 0.29) is 5.91 Å². The van der Waals surface area contributed by atoms with Gasteiger partial charge in [0, 0.05) is 12.2 Å². The first-order valence-corrected chi connectivity index (χ1v) is 8.19. The van der Waals surface area contributed by atoms with Gasteiger partial charge in [-0.05, 0) is 24.1 Å². The summed E-state index contributed by atoms with van der Waals surface area (Å²) in [5, 5.41) is 9.38. The van der Waals surface area contributed by atoms with Gasteiger partial charge in [-0.2, -0.15) is 0 Å². The highest BCUT2D eigenvalue weighted by Gasteiger charge is 2.57. The van der Waals surface area contributed by atoms with Gasteiger partial charge in [-0.25, -0.2) is 4.79 Å². The summed E-state index contributed by atoms with van der Waals surface area (Å²) >= 11 is 1.53. The van der Waals surface area contributed by atoms with Crippen molar-refractivity contribution in [1.29, 1.82) is 0 Å². The lowest BCUT2D eigenvalue weighted by atomic mass is 10.0. The third kappa shape index (κ3) is 1.81. The van der Waals surface area contributed by atoms with Gasteiger partial charge < -0.3 is 19.5 Å². The van der Waals surface area contributed by atoms with Crippen LogP contribution in [0.1, 0.15) is 18.4 Å². The summed E-state index contributed by atoms with van der Waals surface area (Å²) in [5.41, 5.74) is 0.913. The van der Waals surface area contributed by atoms with Gasteiger partial charge in [0.25, 0.3) is 0 Å². The van der Waals surface area contributed by atoms with Crippen LogP contribution in [0.2, 0.25) is 0 Å². The summed E-state index contributed by atoms with van der Waals surface area (Å²) in [7, 11) is 0. The van der Waals surface area contributed by atoms with Crippen LogP contribution in [0.5, 0.6) is 11.5 Å². The van der Waals surface area contributed by atoms with Crippen molar-refractivity contribution < 1.29 is 24.2 Å². The molecule has 1 amide bonds. The fourth-order valence-corrected chi connectivity index (χ4v) is 5.05. The molecule has 4 rings (SSSR count). The molecule has 0 aliphatic carbocycles. The first kappa shape index (κ1) is 13.8. The van der Waals surface area contributed by atoms with Crippen molar-refractivity contribution in [3.8, 4) is 11.5 Å². The van der Waals surface area contributed by atoms with Crippen LogP contribution >= 0.6 is 11.8 Å². The number of ether oxygens (including phenoxy) is 2. The van der Waals surface area contributed by atoms with E-state index in [0.29, 0.717) is 43.3 Å². The molecule has 1 aromatic rings. The van der Waals surface area contributed by atoms with Crippen molar-refractivity contribution in [3.63, 3.8) is 0 Å². The number of benzene rings is 1. The second-order valence-electron chi connectivity index (χ2n) is 5.57. The van der Waals surface area contributed by atoms with Gasteiger partial charge in [-0.3, -0.25) is 4.79 Å². The topological polar surface area (TPSA) is 76.1 Å². The van der Waals surface area contributed by atoms with Crippen LogP contribution in [0.25, 0.3) is 0 Å². The van der Waals surface area contributed by atoms with Gasteiger partial charge >= 0.3 is 5.97 Å². The molecule has 0 bridgehead atoms. The largest absolute Gasteiger partial charge is 0.486 e. The van der Waals surface area contributed by atoms with E-state index in [0.717, 1.165) is 5.56 Å². The summed E-state index contributed by atoms with van der Waals surface area (Å²) < 4.78 is 11.1. The van der Waals surface area contributed by atoms with Crippen LogP contribution in [0, 0.1) is 0 Å². The summed E-state index contributed by atoms with van der Waals surface area (Å²) in [6.45, 7) is 1.02. The molecule has 1 N–H and O–H groups in total. The third-order valence-corrected chi connectivity index (χ3v) is 6.00. The van der Waals surface area contributed by atoms with Crippen LogP contribution in [0.15, 0.2) is 18.2 Å². The molecule has 2 fully saturated rings. The Morgan fingerprint density at radius 2 is 2.09 bits per heavy atom. The lowest BCUT2D eigenvalue weighted by molar-refractivity contribution is -0.148. The number of carbonyl (C=O) groups excluding carboxylic acids is 1. The quantitative estimate of drug-likeness (QED) is 0.888. The Bertz CT molecular complexity index is 663. The van der Waals surface area contributed by atoms with E-state index >= 15 is 0 Å². The van der Waals surface area contributed by atoms with E-state index in [4.69, 9.17) is 9.47 Å². The molecule has 2 atom stereocenters. The minimum Gasteiger partial charge on any atom is -0.486 e. The van der Waals surface area contributed by atoms with Crippen molar-refractivity contribution in [2.45, 2.75) is 23.8 Å². The van der Waals surface area contributed by atoms with Crippen molar-refractivity contribution >= 4 is 23.6 Å². The predicted molar refractivity (Wildman–Crippen MR) is 79.1 cm³/mol. The molecule has 116 valence electrons. The van der Waals surface area contributed by atoms with E-state index in [2.05, 4.69) is 0 Å². The highest BCUT2D eigenvalue weighted by Crippen LogP contribution is 2.55. The van der Waals surface area contributed by atoms with Gasteiger partial charge in [0.1, 0.15) is 24.1 Å². The Balaban J connectivity index is 1.77. The zero-order chi connectivity index (χ0) is 15.3. The van der Waals surface area contributed by atoms with Crippen LogP contribution < -0.4 is 9.47 Å². The average Bonchev–Trinajstić information content (AvgIpc) is 3.06. The number of carboxylic acids is 1. The molecule has 6 nitrogen and oxygen atoms in total. The lowest BCUT2D eigenvalue weighted by Crippen LogP contribution is -2.46. The Labute approximate surface area is 131 Å². The molecule has 3 aliphatic rings. The summed E-state index contributed by atoms with van der Waals surface area (Å²) in [6.07, 6.45) is 1.01. The maximum atomic E-state index is 12.2. The fourth-order valence-electron chi connectivity index (χ4n) is 3.41. The number of aliphatic carboxylic acids is 1. The number of hydrogen-bond donors (Lipinski definition) is 1. The SMILES string of the molecule is O=C(O)[C@H]1CS[C@@]2(c3ccc4c(c3)OCCO4)CCC(=O)N12. The maximum absolute atomic E-state index is 12.2. The molecule has 1 aromatic carbocycles. The summed E-state index contributed by atoms with van der Waals surface area (Å²) in [6, 6.07) is 4.88. The normalized spacial score (nSPS) is 29.5. The summed E-state index contributed by atoms with van der Waals surface area (Å²) in [5.74, 6) is 0.738. The molecular weight excluding hydrogens is 306 g/mol. The predicted octanol–water partition coefficient (Wildman–Crippen LogP) is 1.43. The monoisotopic (exact) mass is 321 g/mol. The van der Waals surface area contributed by atoms with Gasteiger partial charge in [0.2, 0.25) is 5.91 Å². The minimum atomic E-state index is -0.942. The molecule has 0 aromatic heterocycles. The van der Waals surface area contributed by atoms with E-state index in [9.17, 15) is 14.7 Å². The maximum Gasteiger partial charge on any atom is 0.327 e. The zero-order valence-electron chi connectivity index (χ0n) is 11.8. The van der Waals surface area contributed by atoms with Crippen LogP contribution in [-0.2, 0) is 14.5 Å². The molecule has 0 radical (unpaired) electrons. The third-order valence-electron chi connectivity index (χ3n) is 4.41. The standard InChI is InChI=1S/C15H15NO5S/c17-13-3-4-15(16(13)10(8-22-15)14(18)19)9-1-2-11-12(7-9)21-6-5-20-11/h1-2,7,10H,3-6,8H2,(H,18,19)/t10-,15-/m1/s1. The number of carbonyl (C=O) groups is 2. The Morgan fingerprint density at radius 3 is 2.86 bits per heavy atom. The molecule has 0 saturated carbocycles. The number of amides is 1. The molecule has 2 saturated heterocycles. The number of thioether (sulfide) groups is 1. The second-order valence-corrected chi connectivity index (χ2v) is 6.87. The highest BCUT2D eigenvalue weighted by atomic mass is 32.2. The number of nitrogens with zero attached hydrogens (tertiary/aromatic N) is 1. The van der Waals surface area contributed by atoms with Crippen LogP contribution in [0.3, 0.4) is 0 Å². The number of fused-ring (bicyclic) bond motifs is 2. The van der Waals surface area contributed by atoms with Crippen LogP contribution in [-0.4, -0.2) is 46.9 Å².